The molecule has 4 N–H and O–H groups in total. The van der Waals surface area contributed by atoms with Gasteiger partial charge in [-0.15, -0.1) is 0 Å². The average molecular weight is 773 g/mol. The molecule has 0 aromatic rings. The second-order valence-corrected chi connectivity index (χ2v) is 14.4. The maximum absolute atomic E-state index is 12.8. The van der Waals surface area contributed by atoms with Gasteiger partial charge in [-0.2, -0.15) is 0 Å². The Balaban J connectivity index is 2.39. The summed E-state index contributed by atoms with van der Waals surface area (Å²) in [6.45, 7) is 3.53. The van der Waals surface area contributed by atoms with Crippen LogP contribution in [0.25, 0.3) is 0 Å². The number of ether oxygens (including phenoxy) is 3. The van der Waals surface area contributed by atoms with Crippen LogP contribution in [0.2, 0.25) is 0 Å². The summed E-state index contributed by atoms with van der Waals surface area (Å²) in [6.07, 6.45) is 38.0. The molecule has 55 heavy (non-hydrogen) atoms. The summed E-state index contributed by atoms with van der Waals surface area (Å²) in [5, 5.41) is 40.1. The van der Waals surface area contributed by atoms with Crippen LogP contribution < -0.4 is 0 Å². The van der Waals surface area contributed by atoms with Crippen LogP contribution in [-0.4, -0.2) is 82.2 Å². The van der Waals surface area contributed by atoms with E-state index in [1.165, 1.54) is 0 Å². The topological polar surface area (TPSA) is 143 Å². The van der Waals surface area contributed by atoms with Gasteiger partial charge in [-0.1, -0.05) is 125 Å². The number of Topliss-reactive ketones (excluding diaryl/α,β-unsaturated/α-hetero) is 1. The summed E-state index contributed by atoms with van der Waals surface area (Å²) in [5.74, 6) is -0.275. The molecule has 1 rings (SSSR count). The van der Waals surface area contributed by atoms with Gasteiger partial charge in [0.2, 0.25) is 0 Å². The molecule has 9 nitrogen and oxygen atoms in total. The molecule has 1 aliphatic rings. The highest BCUT2D eigenvalue weighted by molar-refractivity contribution is 5.78. The normalized spacial score (nSPS) is 21.4. The van der Waals surface area contributed by atoms with Gasteiger partial charge in [-0.25, -0.2) is 0 Å². The maximum atomic E-state index is 12.8. The molecular weight excluding hydrogens is 696 g/mol. The fourth-order valence-electron chi connectivity index (χ4n) is 6.10. The summed E-state index contributed by atoms with van der Waals surface area (Å²) in [7, 11) is 0. The van der Waals surface area contributed by atoms with Crippen LogP contribution in [0.4, 0.5) is 0 Å². The van der Waals surface area contributed by atoms with Gasteiger partial charge in [0.15, 0.2) is 6.29 Å². The van der Waals surface area contributed by atoms with E-state index in [2.05, 4.69) is 86.8 Å². The van der Waals surface area contributed by atoms with E-state index < -0.39 is 43.4 Å². The number of ketones is 1. The SMILES string of the molecule is CCC=CCC=CCC=CCCCCCCCC(=O)CCC(COC1OC(CO)C(O)C(O)C1O)OC(=O)CCCCCCCC=CCC=CCC=CCC. The van der Waals surface area contributed by atoms with Gasteiger partial charge in [0.05, 0.1) is 13.2 Å². The summed E-state index contributed by atoms with van der Waals surface area (Å²) < 4.78 is 16.9. The smallest absolute Gasteiger partial charge is 0.306 e. The van der Waals surface area contributed by atoms with Gasteiger partial charge in [-0.05, 0) is 83.5 Å². The van der Waals surface area contributed by atoms with Crippen molar-refractivity contribution in [3.8, 4) is 0 Å². The minimum Gasteiger partial charge on any atom is -0.460 e. The van der Waals surface area contributed by atoms with E-state index in [0.717, 1.165) is 109 Å². The van der Waals surface area contributed by atoms with Crippen LogP contribution >= 0.6 is 0 Å². The molecule has 0 radical (unpaired) electrons. The van der Waals surface area contributed by atoms with Crippen LogP contribution in [0.1, 0.15) is 155 Å². The Morgan fingerprint density at radius 1 is 0.582 bits per heavy atom. The number of allylic oxidation sites excluding steroid dienone is 12. The molecule has 0 spiro atoms. The summed E-state index contributed by atoms with van der Waals surface area (Å²) in [4.78, 5) is 25.5. The number of carbonyl (C=O) groups is 2. The van der Waals surface area contributed by atoms with Crippen LogP contribution in [0.3, 0.4) is 0 Å². The lowest BCUT2D eigenvalue weighted by Gasteiger charge is -2.39. The lowest BCUT2D eigenvalue weighted by Crippen LogP contribution is -2.59. The highest BCUT2D eigenvalue weighted by atomic mass is 16.7. The van der Waals surface area contributed by atoms with Crippen LogP contribution in [-0.2, 0) is 23.8 Å². The van der Waals surface area contributed by atoms with Gasteiger partial charge in [-0.3, -0.25) is 9.59 Å². The Morgan fingerprint density at radius 3 is 1.58 bits per heavy atom. The predicted molar refractivity (Wildman–Crippen MR) is 222 cm³/mol. The number of aliphatic hydroxyl groups excluding tert-OH is 4. The summed E-state index contributed by atoms with van der Waals surface area (Å²) in [5.41, 5.74) is 0. The Labute approximate surface area is 333 Å². The monoisotopic (exact) mass is 773 g/mol. The van der Waals surface area contributed by atoms with E-state index in [0.29, 0.717) is 12.8 Å². The zero-order valence-electron chi connectivity index (χ0n) is 34.2. The molecule has 1 aliphatic heterocycles. The minimum absolute atomic E-state index is 0.0983. The zero-order chi connectivity index (χ0) is 40.2. The van der Waals surface area contributed by atoms with Crippen molar-refractivity contribution in [3.63, 3.8) is 0 Å². The molecule has 314 valence electrons. The minimum atomic E-state index is -1.57. The number of esters is 1. The number of hydrogen-bond acceptors (Lipinski definition) is 9. The Hall–Kier alpha value is -2.66. The molecule has 0 saturated carbocycles. The maximum Gasteiger partial charge on any atom is 0.306 e. The molecule has 0 bridgehead atoms. The number of rotatable bonds is 34. The Kier molecular flexibility index (Phi) is 32.7. The number of aliphatic hydroxyl groups is 4. The van der Waals surface area contributed by atoms with Crippen molar-refractivity contribution in [2.75, 3.05) is 13.2 Å². The van der Waals surface area contributed by atoms with Gasteiger partial charge in [0, 0.05) is 19.3 Å². The highest BCUT2D eigenvalue weighted by Crippen LogP contribution is 2.23. The predicted octanol–water partition coefficient (Wildman–Crippen LogP) is 9.24. The standard InChI is InChI=1S/C46H76O9/c1-3-5-7-9-11-13-15-17-19-21-23-25-27-29-31-33-39(48)35-36-40(38-53-46-45(52)44(51)43(50)41(37-47)55-46)54-42(49)34-32-30-28-26-24-22-20-18-16-14-12-10-8-6-4-2/h5-8,11-14,17-20,40-41,43-47,50-52H,3-4,9-10,15-16,21-38H2,1-2H3. The van der Waals surface area contributed by atoms with Crippen molar-refractivity contribution in [1.82, 2.24) is 0 Å². The third-order valence-corrected chi connectivity index (χ3v) is 9.48. The number of carbonyl (C=O) groups excluding carboxylic acids is 2. The Morgan fingerprint density at radius 2 is 1.05 bits per heavy atom. The van der Waals surface area contributed by atoms with E-state index in [4.69, 9.17) is 14.2 Å². The van der Waals surface area contributed by atoms with Crippen LogP contribution in [0.15, 0.2) is 72.9 Å². The van der Waals surface area contributed by atoms with Gasteiger partial charge in [0.25, 0.3) is 0 Å². The van der Waals surface area contributed by atoms with E-state index in [-0.39, 0.29) is 37.6 Å². The largest absolute Gasteiger partial charge is 0.460 e. The molecule has 0 aliphatic carbocycles. The first-order valence-corrected chi connectivity index (χ1v) is 21.4. The second-order valence-electron chi connectivity index (χ2n) is 14.4. The molecular formula is C46H76O9. The van der Waals surface area contributed by atoms with Crippen LogP contribution in [0.5, 0.6) is 0 Å². The zero-order valence-corrected chi connectivity index (χ0v) is 34.2. The molecule has 6 atom stereocenters. The van der Waals surface area contributed by atoms with Gasteiger partial charge in [0.1, 0.15) is 36.3 Å². The quantitative estimate of drug-likeness (QED) is 0.0286. The first kappa shape index (κ1) is 50.4. The average Bonchev–Trinajstić information content (AvgIpc) is 3.18. The third-order valence-electron chi connectivity index (χ3n) is 9.48. The fourth-order valence-corrected chi connectivity index (χ4v) is 6.10. The van der Waals surface area contributed by atoms with Crippen molar-refractivity contribution < 1.29 is 44.2 Å². The number of hydrogen-bond donors (Lipinski definition) is 4. The molecule has 0 aromatic carbocycles. The first-order valence-electron chi connectivity index (χ1n) is 21.4. The fraction of sp³-hybridized carbons (Fsp3) is 0.696. The molecule has 1 fully saturated rings. The van der Waals surface area contributed by atoms with Crippen molar-refractivity contribution in [2.45, 2.75) is 192 Å². The molecule has 0 amide bonds. The third kappa shape index (κ3) is 27.6. The van der Waals surface area contributed by atoms with Gasteiger partial charge >= 0.3 is 5.97 Å². The van der Waals surface area contributed by atoms with Crippen molar-refractivity contribution in [2.24, 2.45) is 0 Å². The van der Waals surface area contributed by atoms with Gasteiger partial charge < -0.3 is 34.6 Å². The second kappa shape index (κ2) is 35.7. The molecule has 1 heterocycles. The van der Waals surface area contributed by atoms with E-state index >= 15 is 0 Å². The molecule has 9 heteroatoms. The van der Waals surface area contributed by atoms with Crippen molar-refractivity contribution >= 4 is 11.8 Å². The highest BCUT2D eigenvalue weighted by Gasteiger charge is 2.44. The molecule has 0 aromatic heterocycles. The number of unbranched alkanes of at least 4 members (excludes halogenated alkanes) is 10. The molecule has 6 unspecified atom stereocenters. The Bertz CT molecular complexity index is 1120. The van der Waals surface area contributed by atoms with Crippen molar-refractivity contribution in [3.05, 3.63) is 72.9 Å². The first-order chi connectivity index (χ1) is 26.8. The lowest BCUT2D eigenvalue weighted by molar-refractivity contribution is -0.304. The summed E-state index contributed by atoms with van der Waals surface area (Å²) in [6, 6.07) is 0. The van der Waals surface area contributed by atoms with Crippen LogP contribution in [0, 0.1) is 0 Å². The van der Waals surface area contributed by atoms with E-state index in [1.54, 1.807) is 0 Å². The summed E-state index contributed by atoms with van der Waals surface area (Å²) >= 11 is 0. The van der Waals surface area contributed by atoms with E-state index in [1.807, 2.05) is 0 Å². The van der Waals surface area contributed by atoms with Crippen molar-refractivity contribution in [1.29, 1.82) is 0 Å². The van der Waals surface area contributed by atoms with E-state index in [9.17, 15) is 30.0 Å². The lowest BCUT2D eigenvalue weighted by atomic mass is 9.99. The molecule has 1 saturated heterocycles.